The minimum absolute atomic E-state index is 0.801. The molecule has 0 amide bonds. The molecular formula is C14H10BrN3S. The van der Waals surface area contributed by atoms with Crippen LogP contribution >= 0.6 is 27.3 Å². The summed E-state index contributed by atoms with van der Waals surface area (Å²) in [4.78, 5) is 4.44. The van der Waals surface area contributed by atoms with Gasteiger partial charge >= 0.3 is 0 Å². The number of para-hydroxylation sites is 1. The number of thiazole rings is 1. The third kappa shape index (κ3) is 3.00. The summed E-state index contributed by atoms with van der Waals surface area (Å²) in [6.07, 6.45) is 1.78. The molecule has 0 saturated carbocycles. The van der Waals surface area contributed by atoms with Crippen molar-refractivity contribution >= 4 is 48.8 Å². The molecule has 0 saturated heterocycles. The maximum absolute atomic E-state index is 4.44. The second-order valence-electron chi connectivity index (χ2n) is 3.91. The lowest BCUT2D eigenvalue weighted by atomic mass is 10.2. The molecule has 94 valence electrons. The van der Waals surface area contributed by atoms with Crippen LogP contribution in [0.1, 0.15) is 5.56 Å². The van der Waals surface area contributed by atoms with Crippen molar-refractivity contribution in [1.82, 2.24) is 4.98 Å². The van der Waals surface area contributed by atoms with Crippen molar-refractivity contribution in [3.05, 3.63) is 58.6 Å². The third-order valence-electron chi connectivity index (χ3n) is 2.54. The zero-order chi connectivity index (χ0) is 13.1. The van der Waals surface area contributed by atoms with Crippen LogP contribution in [0.2, 0.25) is 0 Å². The van der Waals surface area contributed by atoms with Crippen LogP contribution < -0.4 is 5.43 Å². The quantitative estimate of drug-likeness (QED) is 0.566. The van der Waals surface area contributed by atoms with Gasteiger partial charge in [0.2, 0.25) is 5.13 Å². The summed E-state index contributed by atoms with van der Waals surface area (Å²) in [5.41, 5.74) is 5.00. The van der Waals surface area contributed by atoms with E-state index >= 15 is 0 Å². The number of hydrazone groups is 1. The predicted octanol–water partition coefficient (Wildman–Crippen LogP) is 4.50. The topological polar surface area (TPSA) is 37.3 Å². The number of aromatic nitrogens is 1. The van der Waals surface area contributed by atoms with E-state index in [0.29, 0.717) is 0 Å². The number of rotatable bonds is 3. The summed E-state index contributed by atoms with van der Waals surface area (Å²) in [7, 11) is 0. The van der Waals surface area contributed by atoms with E-state index in [1.165, 1.54) is 0 Å². The Hall–Kier alpha value is -1.72. The molecule has 0 aliphatic rings. The number of nitrogens with zero attached hydrogens (tertiary/aromatic N) is 2. The summed E-state index contributed by atoms with van der Waals surface area (Å²) < 4.78 is 2.22. The lowest BCUT2D eigenvalue weighted by Gasteiger charge is -1.94. The molecule has 0 fully saturated rings. The minimum Gasteiger partial charge on any atom is -0.253 e. The molecule has 1 heterocycles. The molecular weight excluding hydrogens is 322 g/mol. The van der Waals surface area contributed by atoms with E-state index < -0.39 is 0 Å². The van der Waals surface area contributed by atoms with Crippen LogP contribution in [-0.4, -0.2) is 11.2 Å². The van der Waals surface area contributed by atoms with E-state index in [-0.39, 0.29) is 0 Å². The van der Waals surface area contributed by atoms with Gasteiger partial charge in [-0.05, 0) is 29.8 Å². The van der Waals surface area contributed by atoms with Crippen LogP contribution in [0.15, 0.2) is 58.1 Å². The van der Waals surface area contributed by atoms with Gasteiger partial charge in [0.25, 0.3) is 0 Å². The Kier molecular flexibility index (Phi) is 3.57. The van der Waals surface area contributed by atoms with Gasteiger partial charge < -0.3 is 0 Å². The highest BCUT2D eigenvalue weighted by molar-refractivity contribution is 9.10. The maximum Gasteiger partial charge on any atom is 0.204 e. The highest BCUT2D eigenvalue weighted by Crippen LogP contribution is 2.25. The van der Waals surface area contributed by atoms with Crippen molar-refractivity contribution < 1.29 is 0 Å². The van der Waals surface area contributed by atoms with Gasteiger partial charge in [-0.25, -0.2) is 4.98 Å². The zero-order valence-corrected chi connectivity index (χ0v) is 12.3. The van der Waals surface area contributed by atoms with E-state index in [1.807, 2.05) is 42.5 Å². The molecule has 1 N–H and O–H groups in total. The molecule has 0 bridgehead atoms. The summed E-state index contributed by atoms with van der Waals surface area (Å²) in [5, 5.41) is 4.99. The largest absolute Gasteiger partial charge is 0.253 e. The van der Waals surface area contributed by atoms with E-state index in [1.54, 1.807) is 17.6 Å². The molecule has 5 heteroatoms. The molecule has 1 aromatic heterocycles. The molecule has 0 radical (unpaired) electrons. The maximum atomic E-state index is 4.44. The fourth-order valence-corrected chi connectivity index (χ4v) is 2.71. The van der Waals surface area contributed by atoms with Gasteiger partial charge in [0.1, 0.15) is 0 Å². The monoisotopic (exact) mass is 331 g/mol. The van der Waals surface area contributed by atoms with Crippen LogP contribution in [0, 0.1) is 0 Å². The van der Waals surface area contributed by atoms with Gasteiger partial charge in [-0.2, -0.15) is 5.10 Å². The summed E-state index contributed by atoms with van der Waals surface area (Å²) in [5.74, 6) is 0. The second kappa shape index (κ2) is 5.50. The number of anilines is 1. The van der Waals surface area contributed by atoms with E-state index in [4.69, 9.17) is 0 Å². The molecule has 0 aliphatic carbocycles. The number of benzene rings is 2. The van der Waals surface area contributed by atoms with Crippen LogP contribution in [0.3, 0.4) is 0 Å². The van der Waals surface area contributed by atoms with Gasteiger partial charge in [-0.1, -0.05) is 51.5 Å². The first-order valence-electron chi connectivity index (χ1n) is 5.71. The molecule has 19 heavy (non-hydrogen) atoms. The molecule has 0 atom stereocenters. The van der Waals surface area contributed by atoms with Crippen LogP contribution in [0.25, 0.3) is 10.2 Å². The van der Waals surface area contributed by atoms with Gasteiger partial charge in [-0.15, -0.1) is 0 Å². The fourth-order valence-electron chi connectivity index (χ4n) is 1.63. The Balaban J connectivity index is 1.73. The van der Waals surface area contributed by atoms with Crippen molar-refractivity contribution in [3.8, 4) is 0 Å². The molecule has 3 nitrogen and oxygen atoms in total. The Morgan fingerprint density at radius 3 is 2.68 bits per heavy atom. The van der Waals surface area contributed by atoms with Gasteiger partial charge in [0, 0.05) is 4.47 Å². The summed E-state index contributed by atoms with van der Waals surface area (Å²) in [6.45, 7) is 0. The third-order valence-corrected chi connectivity index (χ3v) is 4.01. The first-order valence-corrected chi connectivity index (χ1v) is 7.32. The Labute approximate surface area is 123 Å². The molecule has 3 rings (SSSR count). The average Bonchev–Trinajstić information content (AvgIpc) is 2.83. The van der Waals surface area contributed by atoms with Crippen molar-refractivity contribution in [3.63, 3.8) is 0 Å². The van der Waals surface area contributed by atoms with E-state index in [9.17, 15) is 0 Å². The Morgan fingerprint density at radius 2 is 1.89 bits per heavy atom. The standard InChI is InChI=1S/C14H10BrN3S/c15-11-7-5-10(6-8-11)9-16-18-14-17-12-3-1-2-4-13(12)19-14/h1-9H,(H,17,18)/b16-9-. The second-order valence-corrected chi connectivity index (χ2v) is 5.85. The summed E-state index contributed by atoms with van der Waals surface area (Å²) >= 11 is 4.99. The SMILES string of the molecule is Brc1ccc(/C=N\Nc2nc3ccccc3s2)cc1. The number of fused-ring (bicyclic) bond motifs is 1. The minimum atomic E-state index is 0.801. The lowest BCUT2D eigenvalue weighted by Crippen LogP contribution is -1.89. The first kappa shape index (κ1) is 12.3. The van der Waals surface area contributed by atoms with Crippen LogP contribution in [0.5, 0.6) is 0 Å². The molecule has 0 aliphatic heterocycles. The number of hydrogen-bond donors (Lipinski definition) is 1. The van der Waals surface area contributed by atoms with Crippen molar-refractivity contribution in [2.75, 3.05) is 5.43 Å². The lowest BCUT2D eigenvalue weighted by molar-refractivity contribution is 1.31. The number of halogens is 1. The van der Waals surface area contributed by atoms with E-state index in [2.05, 4.69) is 37.5 Å². The van der Waals surface area contributed by atoms with Gasteiger partial charge in [-0.3, -0.25) is 5.43 Å². The molecule has 2 aromatic carbocycles. The van der Waals surface area contributed by atoms with Crippen molar-refractivity contribution in [2.24, 2.45) is 5.10 Å². The Morgan fingerprint density at radius 1 is 1.11 bits per heavy atom. The van der Waals surface area contributed by atoms with E-state index in [0.717, 1.165) is 25.4 Å². The number of hydrogen-bond acceptors (Lipinski definition) is 4. The Bertz CT molecular complexity index is 686. The van der Waals surface area contributed by atoms with Gasteiger partial charge in [0.05, 0.1) is 16.4 Å². The highest BCUT2D eigenvalue weighted by atomic mass is 79.9. The predicted molar refractivity (Wildman–Crippen MR) is 85.0 cm³/mol. The normalized spacial score (nSPS) is 11.2. The van der Waals surface area contributed by atoms with Gasteiger partial charge in [0.15, 0.2) is 0 Å². The smallest absolute Gasteiger partial charge is 0.204 e. The highest BCUT2D eigenvalue weighted by Gasteiger charge is 2.00. The zero-order valence-electron chi connectivity index (χ0n) is 9.88. The fraction of sp³-hybridized carbons (Fsp3) is 0. The average molecular weight is 332 g/mol. The van der Waals surface area contributed by atoms with Crippen molar-refractivity contribution in [2.45, 2.75) is 0 Å². The molecule has 0 unspecified atom stereocenters. The molecule has 0 spiro atoms. The van der Waals surface area contributed by atoms with Crippen LogP contribution in [0.4, 0.5) is 5.13 Å². The first-order chi connectivity index (χ1) is 9.31. The van der Waals surface area contributed by atoms with Crippen molar-refractivity contribution in [1.29, 1.82) is 0 Å². The molecule has 3 aromatic rings. The van der Waals surface area contributed by atoms with Crippen LogP contribution in [-0.2, 0) is 0 Å². The summed E-state index contributed by atoms with van der Waals surface area (Å²) in [6, 6.07) is 16.0. The number of nitrogens with one attached hydrogen (secondary N) is 1.